The quantitative estimate of drug-likeness (QED) is 0.458. The summed E-state index contributed by atoms with van der Waals surface area (Å²) in [6, 6.07) is 5.38. The second-order valence-corrected chi connectivity index (χ2v) is 5.64. The molecule has 0 bridgehead atoms. The minimum absolute atomic E-state index is 0.0441. The highest BCUT2D eigenvalue weighted by Gasteiger charge is 2.24. The molecule has 2 N–H and O–H groups in total. The number of amides is 1. The van der Waals surface area contributed by atoms with E-state index in [1.54, 1.807) is 26.0 Å². The second-order valence-electron chi connectivity index (χ2n) is 5.64. The van der Waals surface area contributed by atoms with Gasteiger partial charge in [-0.1, -0.05) is 38.6 Å². The van der Waals surface area contributed by atoms with Gasteiger partial charge in [-0.05, 0) is 23.3 Å². The molecule has 1 atom stereocenters. The van der Waals surface area contributed by atoms with Crippen LogP contribution < -0.4 is 5.32 Å². The Labute approximate surface area is 136 Å². The van der Waals surface area contributed by atoms with Crippen LogP contribution in [0.5, 0.6) is 5.75 Å². The molecule has 6 nitrogen and oxygen atoms in total. The van der Waals surface area contributed by atoms with Crippen molar-refractivity contribution in [3.05, 3.63) is 49.4 Å². The summed E-state index contributed by atoms with van der Waals surface area (Å²) in [7, 11) is 0. The van der Waals surface area contributed by atoms with Gasteiger partial charge in [0.15, 0.2) is 0 Å². The molecule has 0 aliphatic heterocycles. The van der Waals surface area contributed by atoms with E-state index in [4.69, 9.17) is 9.47 Å². The van der Waals surface area contributed by atoms with Gasteiger partial charge in [0.1, 0.15) is 18.4 Å². The maximum absolute atomic E-state index is 12.1. The Kier molecular flexibility index (Phi) is 6.63. The number of esters is 1. The van der Waals surface area contributed by atoms with Gasteiger partial charge in [-0.25, -0.2) is 9.59 Å². The zero-order chi connectivity index (χ0) is 17.5. The predicted molar refractivity (Wildman–Crippen MR) is 85.8 cm³/mol. The highest BCUT2D eigenvalue weighted by Crippen LogP contribution is 2.13. The molecule has 0 heterocycles. The summed E-state index contributed by atoms with van der Waals surface area (Å²) >= 11 is 0. The molecule has 0 fully saturated rings. The minimum Gasteiger partial charge on any atom is -0.508 e. The van der Waals surface area contributed by atoms with E-state index in [2.05, 4.69) is 18.8 Å². The summed E-state index contributed by atoms with van der Waals surface area (Å²) in [6.07, 6.45) is 0.875. The van der Waals surface area contributed by atoms with Crippen LogP contribution in [0.4, 0.5) is 4.79 Å². The fourth-order valence-corrected chi connectivity index (χ4v) is 1.73. The summed E-state index contributed by atoms with van der Waals surface area (Å²) in [6.45, 7) is 10.4. The molecule has 0 saturated carbocycles. The highest BCUT2D eigenvalue weighted by atomic mass is 16.6. The van der Waals surface area contributed by atoms with E-state index in [9.17, 15) is 14.7 Å². The number of alkyl carbamates (subject to hydrolysis) is 1. The lowest BCUT2D eigenvalue weighted by molar-refractivity contribution is -0.144. The number of carbonyl (C=O) groups is 2. The zero-order valence-electron chi connectivity index (χ0n) is 13.4. The molecule has 0 aliphatic carbocycles. The van der Waals surface area contributed by atoms with Crippen LogP contribution in [-0.2, 0) is 20.7 Å². The van der Waals surface area contributed by atoms with Gasteiger partial charge in [0.25, 0.3) is 0 Å². The van der Waals surface area contributed by atoms with Crippen molar-refractivity contribution in [2.24, 2.45) is 0 Å². The van der Waals surface area contributed by atoms with Crippen molar-refractivity contribution in [3.8, 4) is 5.75 Å². The molecule has 1 unspecified atom stereocenters. The van der Waals surface area contributed by atoms with Crippen molar-refractivity contribution in [1.29, 1.82) is 0 Å². The van der Waals surface area contributed by atoms with E-state index in [0.29, 0.717) is 0 Å². The smallest absolute Gasteiger partial charge is 0.405 e. The van der Waals surface area contributed by atoms with E-state index in [-0.39, 0.29) is 18.8 Å². The predicted octanol–water partition coefficient (Wildman–Crippen LogP) is 2.37. The van der Waals surface area contributed by atoms with Crippen LogP contribution in [0, 0.1) is 6.92 Å². The Morgan fingerprint density at radius 3 is 2.52 bits per heavy atom. The monoisotopic (exact) mass is 320 g/mol. The third-order valence-corrected chi connectivity index (χ3v) is 2.67. The van der Waals surface area contributed by atoms with Crippen molar-refractivity contribution < 1.29 is 24.2 Å². The van der Waals surface area contributed by atoms with Crippen molar-refractivity contribution in [2.45, 2.75) is 31.9 Å². The maximum Gasteiger partial charge on any atom is 0.405 e. The maximum atomic E-state index is 12.1. The molecule has 6 heteroatoms. The SMILES string of the molecule is C=CCOC(=O)C(Cc1ccc(O)cc1)NC(=O)OC([CH2-])(C)C. The van der Waals surface area contributed by atoms with E-state index < -0.39 is 23.7 Å². The number of benzene rings is 1. The molecule has 1 rings (SSSR count). The minimum atomic E-state index is -0.922. The lowest BCUT2D eigenvalue weighted by Crippen LogP contribution is -2.45. The third-order valence-electron chi connectivity index (χ3n) is 2.67. The first-order valence-electron chi connectivity index (χ1n) is 7.11. The van der Waals surface area contributed by atoms with Gasteiger partial charge in [0, 0.05) is 6.42 Å². The number of carbonyl (C=O) groups excluding carboxylic acids is 2. The summed E-state index contributed by atoms with van der Waals surface area (Å²) in [4.78, 5) is 23.9. The summed E-state index contributed by atoms with van der Waals surface area (Å²) < 4.78 is 10.0. The summed E-state index contributed by atoms with van der Waals surface area (Å²) in [5.74, 6) is -0.484. The van der Waals surface area contributed by atoms with Crippen LogP contribution in [0.25, 0.3) is 0 Å². The topological polar surface area (TPSA) is 84.9 Å². The lowest BCUT2D eigenvalue weighted by Gasteiger charge is -2.28. The second kappa shape index (κ2) is 8.22. The lowest BCUT2D eigenvalue weighted by atomic mass is 10.1. The average molecular weight is 320 g/mol. The molecule has 0 saturated heterocycles. The number of rotatable bonds is 7. The van der Waals surface area contributed by atoms with Crippen LogP contribution in [0.2, 0.25) is 0 Å². The summed E-state index contributed by atoms with van der Waals surface area (Å²) in [5, 5.41) is 11.8. The molecular formula is C17H22NO5-. The molecule has 1 aromatic carbocycles. The summed E-state index contributed by atoms with van der Waals surface area (Å²) in [5.41, 5.74) is -0.171. The fourth-order valence-electron chi connectivity index (χ4n) is 1.73. The average Bonchev–Trinajstić information content (AvgIpc) is 2.44. The number of hydrogen-bond acceptors (Lipinski definition) is 5. The molecule has 0 aromatic heterocycles. The Hall–Kier alpha value is -2.50. The first kappa shape index (κ1) is 18.5. The van der Waals surface area contributed by atoms with E-state index >= 15 is 0 Å². The van der Waals surface area contributed by atoms with Gasteiger partial charge in [-0.2, -0.15) is 0 Å². The van der Waals surface area contributed by atoms with E-state index in [0.717, 1.165) is 5.56 Å². The van der Waals surface area contributed by atoms with Gasteiger partial charge in [0.2, 0.25) is 0 Å². The Balaban J connectivity index is 2.79. The van der Waals surface area contributed by atoms with Crippen molar-refractivity contribution in [1.82, 2.24) is 5.32 Å². The van der Waals surface area contributed by atoms with Gasteiger partial charge in [-0.15, -0.1) is 0 Å². The molecule has 1 aromatic rings. The number of phenolic OH excluding ortho intramolecular Hbond substituents is 1. The first-order chi connectivity index (χ1) is 10.7. The van der Waals surface area contributed by atoms with Crippen LogP contribution >= 0.6 is 0 Å². The van der Waals surface area contributed by atoms with E-state index in [1.807, 2.05) is 0 Å². The molecule has 1 amide bonds. The first-order valence-corrected chi connectivity index (χ1v) is 7.11. The molecule has 0 spiro atoms. The number of phenols is 1. The van der Waals surface area contributed by atoms with Crippen molar-refractivity contribution in [2.75, 3.05) is 6.61 Å². The molecule has 0 radical (unpaired) electrons. The molecule has 23 heavy (non-hydrogen) atoms. The third kappa shape index (κ3) is 7.35. The number of ether oxygens (including phenoxy) is 2. The number of nitrogens with one attached hydrogen (secondary N) is 1. The number of aromatic hydroxyl groups is 1. The molecule has 0 aliphatic rings. The highest BCUT2D eigenvalue weighted by molar-refractivity contribution is 5.81. The largest absolute Gasteiger partial charge is 0.508 e. The van der Waals surface area contributed by atoms with Crippen LogP contribution in [0.3, 0.4) is 0 Å². The molecule has 126 valence electrons. The Morgan fingerprint density at radius 2 is 2.00 bits per heavy atom. The van der Waals surface area contributed by atoms with Crippen LogP contribution in [-0.4, -0.2) is 35.4 Å². The van der Waals surface area contributed by atoms with Gasteiger partial charge < -0.3 is 26.8 Å². The van der Waals surface area contributed by atoms with Crippen LogP contribution in [0.15, 0.2) is 36.9 Å². The Bertz CT molecular complexity index is 545. The standard InChI is InChI=1S/C17H22NO5/c1-5-10-22-15(20)14(18-16(21)23-17(2,3)4)11-12-6-8-13(19)9-7-12/h5-9,14,19H,1-2,10-11H2,3-4H3,(H,18,21)/q-1. The molecular weight excluding hydrogens is 298 g/mol. The zero-order valence-corrected chi connectivity index (χ0v) is 13.4. The van der Waals surface area contributed by atoms with Gasteiger partial charge in [0.05, 0.1) is 0 Å². The van der Waals surface area contributed by atoms with Crippen molar-refractivity contribution >= 4 is 12.1 Å². The van der Waals surface area contributed by atoms with Crippen molar-refractivity contribution in [3.63, 3.8) is 0 Å². The van der Waals surface area contributed by atoms with Gasteiger partial charge >= 0.3 is 12.1 Å². The van der Waals surface area contributed by atoms with Crippen LogP contribution in [0.1, 0.15) is 19.4 Å². The Morgan fingerprint density at radius 1 is 1.39 bits per heavy atom. The number of hydrogen-bond donors (Lipinski definition) is 2. The van der Waals surface area contributed by atoms with Gasteiger partial charge in [-0.3, -0.25) is 0 Å². The fraction of sp³-hybridized carbons (Fsp3) is 0.353. The van der Waals surface area contributed by atoms with E-state index in [1.165, 1.54) is 18.2 Å². The normalized spacial score (nSPS) is 12.1.